The molecule has 0 fully saturated rings. The number of carbonyl (C=O) groups is 1. The predicted molar refractivity (Wildman–Crippen MR) is 97.0 cm³/mol. The molecular formula is C19H18BrNO3. The Hall–Kier alpha value is -2.11. The van der Waals surface area contributed by atoms with Crippen LogP contribution in [0.4, 0.5) is 0 Å². The standard InChI is InChI=1S/C19H18BrNO3/c1-12(13-7-9-14(20)10-8-13)21-19(22)18-16(11-23-2)15-5-3-4-6-17(15)24-18/h3-10,12H,11H2,1-2H3,(H,21,22). The Morgan fingerprint density at radius 3 is 2.62 bits per heavy atom. The zero-order valence-electron chi connectivity index (χ0n) is 13.5. The molecule has 0 spiro atoms. The van der Waals surface area contributed by atoms with Crippen LogP contribution < -0.4 is 5.32 Å². The predicted octanol–water partition coefficient (Wildman–Crippen LogP) is 4.83. The van der Waals surface area contributed by atoms with Crippen molar-refractivity contribution in [1.29, 1.82) is 0 Å². The number of amides is 1. The highest BCUT2D eigenvalue weighted by atomic mass is 79.9. The van der Waals surface area contributed by atoms with Gasteiger partial charge < -0.3 is 14.5 Å². The largest absolute Gasteiger partial charge is 0.451 e. The highest BCUT2D eigenvalue weighted by molar-refractivity contribution is 9.10. The Labute approximate surface area is 148 Å². The number of hydrogen-bond donors (Lipinski definition) is 1. The molecule has 24 heavy (non-hydrogen) atoms. The molecule has 1 unspecified atom stereocenters. The third kappa shape index (κ3) is 3.37. The van der Waals surface area contributed by atoms with Gasteiger partial charge in [-0.1, -0.05) is 46.3 Å². The number of methoxy groups -OCH3 is 1. The van der Waals surface area contributed by atoms with Gasteiger partial charge in [0.15, 0.2) is 5.76 Å². The van der Waals surface area contributed by atoms with E-state index in [1.807, 2.05) is 55.5 Å². The summed E-state index contributed by atoms with van der Waals surface area (Å²) >= 11 is 3.41. The van der Waals surface area contributed by atoms with Crippen molar-refractivity contribution in [3.8, 4) is 0 Å². The Balaban J connectivity index is 1.88. The van der Waals surface area contributed by atoms with Gasteiger partial charge in [-0.15, -0.1) is 0 Å². The quantitative estimate of drug-likeness (QED) is 0.681. The van der Waals surface area contributed by atoms with Crippen molar-refractivity contribution >= 4 is 32.8 Å². The summed E-state index contributed by atoms with van der Waals surface area (Å²) in [5, 5.41) is 3.89. The molecule has 0 saturated carbocycles. The molecule has 0 aliphatic rings. The van der Waals surface area contributed by atoms with Gasteiger partial charge >= 0.3 is 0 Å². The van der Waals surface area contributed by atoms with Crippen LogP contribution in [-0.4, -0.2) is 13.0 Å². The first-order valence-corrected chi connectivity index (χ1v) is 8.45. The number of para-hydroxylation sites is 1. The van der Waals surface area contributed by atoms with E-state index in [2.05, 4.69) is 21.2 Å². The van der Waals surface area contributed by atoms with E-state index < -0.39 is 0 Å². The number of halogens is 1. The molecule has 0 bridgehead atoms. The fourth-order valence-corrected chi connectivity index (χ4v) is 2.93. The molecule has 4 nitrogen and oxygen atoms in total. The third-order valence-electron chi connectivity index (χ3n) is 3.91. The summed E-state index contributed by atoms with van der Waals surface area (Å²) in [5.74, 6) is 0.0654. The van der Waals surface area contributed by atoms with Crippen molar-refractivity contribution in [2.75, 3.05) is 7.11 Å². The molecule has 124 valence electrons. The first-order chi connectivity index (χ1) is 11.6. The Morgan fingerprint density at radius 1 is 1.21 bits per heavy atom. The second-order valence-electron chi connectivity index (χ2n) is 5.59. The molecule has 1 N–H and O–H groups in total. The molecule has 1 atom stereocenters. The van der Waals surface area contributed by atoms with Crippen LogP contribution >= 0.6 is 15.9 Å². The first-order valence-electron chi connectivity index (χ1n) is 7.66. The van der Waals surface area contributed by atoms with Gasteiger partial charge in [-0.3, -0.25) is 4.79 Å². The fourth-order valence-electron chi connectivity index (χ4n) is 2.67. The van der Waals surface area contributed by atoms with E-state index in [1.165, 1.54) is 0 Å². The van der Waals surface area contributed by atoms with Crippen LogP contribution in [0.2, 0.25) is 0 Å². The topological polar surface area (TPSA) is 51.5 Å². The molecule has 3 rings (SSSR count). The van der Waals surface area contributed by atoms with Crippen LogP contribution in [-0.2, 0) is 11.3 Å². The first kappa shape index (κ1) is 16.7. The minimum Gasteiger partial charge on any atom is -0.451 e. The fraction of sp³-hybridized carbons (Fsp3) is 0.211. The van der Waals surface area contributed by atoms with Crippen LogP contribution in [0.25, 0.3) is 11.0 Å². The highest BCUT2D eigenvalue weighted by Crippen LogP contribution is 2.27. The monoisotopic (exact) mass is 387 g/mol. The van der Waals surface area contributed by atoms with Crippen molar-refractivity contribution in [2.24, 2.45) is 0 Å². The Bertz CT molecular complexity index is 855. The van der Waals surface area contributed by atoms with E-state index in [1.54, 1.807) is 7.11 Å². The van der Waals surface area contributed by atoms with Gasteiger partial charge in [-0.2, -0.15) is 0 Å². The van der Waals surface area contributed by atoms with Gasteiger partial charge in [-0.05, 0) is 30.7 Å². The Kier molecular flexibility index (Phi) is 5.02. The number of carbonyl (C=O) groups excluding carboxylic acids is 1. The molecule has 5 heteroatoms. The molecule has 3 aromatic rings. The zero-order valence-corrected chi connectivity index (χ0v) is 15.1. The molecular weight excluding hydrogens is 370 g/mol. The number of furan rings is 1. The maximum atomic E-state index is 12.7. The molecule has 1 aromatic heterocycles. The van der Waals surface area contributed by atoms with Gasteiger partial charge in [-0.25, -0.2) is 0 Å². The summed E-state index contributed by atoms with van der Waals surface area (Å²) in [6.07, 6.45) is 0. The Morgan fingerprint density at radius 2 is 1.92 bits per heavy atom. The van der Waals surface area contributed by atoms with Gasteiger partial charge in [0.2, 0.25) is 0 Å². The molecule has 0 aliphatic heterocycles. The minimum absolute atomic E-state index is 0.130. The lowest BCUT2D eigenvalue weighted by Gasteiger charge is -2.14. The van der Waals surface area contributed by atoms with Crippen molar-refractivity contribution < 1.29 is 13.9 Å². The summed E-state index contributed by atoms with van der Waals surface area (Å²) < 4.78 is 12.0. The summed E-state index contributed by atoms with van der Waals surface area (Å²) in [5.41, 5.74) is 2.48. The normalized spacial score (nSPS) is 12.3. The lowest BCUT2D eigenvalue weighted by molar-refractivity contribution is 0.0907. The molecule has 0 aliphatic carbocycles. The minimum atomic E-state index is -0.242. The summed E-state index contributed by atoms with van der Waals surface area (Å²) in [6.45, 7) is 2.27. The van der Waals surface area contributed by atoms with E-state index in [-0.39, 0.29) is 11.9 Å². The summed E-state index contributed by atoms with van der Waals surface area (Å²) in [7, 11) is 1.61. The van der Waals surface area contributed by atoms with E-state index in [9.17, 15) is 4.79 Å². The molecule has 2 aromatic carbocycles. The van der Waals surface area contributed by atoms with Crippen molar-refractivity contribution in [3.05, 3.63) is 69.9 Å². The number of fused-ring (bicyclic) bond motifs is 1. The SMILES string of the molecule is COCc1c(C(=O)NC(C)c2ccc(Br)cc2)oc2ccccc12. The number of hydrogen-bond acceptors (Lipinski definition) is 3. The van der Waals surface area contributed by atoms with Crippen molar-refractivity contribution in [2.45, 2.75) is 19.6 Å². The number of ether oxygens (including phenoxy) is 1. The van der Waals surface area contributed by atoms with Gasteiger partial charge in [0.25, 0.3) is 5.91 Å². The second-order valence-corrected chi connectivity index (χ2v) is 6.50. The van der Waals surface area contributed by atoms with E-state index >= 15 is 0 Å². The maximum Gasteiger partial charge on any atom is 0.287 e. The van der Waals surface area contributed by atoms with Gasteiger partial charge in [0.1, 0.15) is 5.58 Å². The molecule has 0 radical (unpaired) electrons. The average Bonchev–Trinajstić information content (AvgIpc) is 2.95. The molecule has 0 saturated heterocycles. The summed E-state index contributed by atoms with van der Waals surface area (Å²) in [4.78, 5) is 12.7. The van der Waals surface area contributed by atoms with Crippen LogP contribution in [0.5, 0.6) is 0 Å². The van der Waals surface area contributed by atoms with Crippen LogP contribution in [0.1, 0.15) is 34.6 Å². The van der Waals surface area contributed by atoms with Gasteiger partial charge in [0, 0.05) is 22.5 Å². The lowest BCUT2D eigenvalue weighted by Crippen LogP contribution is -2.27. The molecule has 1 amide bonds. The van der Waals surface area contributed by atoms with Gasteiger partial charge in [0.05, 0.1) is 12.6 Å². The lowest BCUT2D eigenvalue weighted by atomic mass is 10.1. The average molecular weight is 388 g/mol. The van der Waals surface area contributed by atoms with Crippen LogP contribution in [0.3, 0.4) is 0 Å². The molecule has 1 heterocycles. The van der Waals surface area contributed by atoms with Crippen molar-refractivity contribution in [1.82, 2.24) is 5.32 Å². The number of nitrogens with one attached hydrogen (secondary N) is 1. The zero-order chi connectivity index (χ0) is 17.1. The summed E-state index contributed by atoms with van der Waals surface area (Å²) in [6, 6.07) is 15.3. The van der Waals surface area contributed by atoms with E-state index in [0.717, 1.165) is 21.0 Å². The smallest absolute Gasteiger partial charge is 0.287 e. The third-order valence-corrected chi connectivity index (χ3v) is 4.44. The van der Waals surface area contributed by atoms with Crippen LogP contribution in [0.15, 0.2) is 57.4 Å². The van der Waals surface area contributed by atoms with Crippen molar-refractivity contribution in [3.63, 3.8) is 0 Å². The van der Waals surface area contributed by atoms with E-state index in [4.69, 9.17) is 9.15 Å². The number of rotatable bonds is 5. The van der Waals surface area contributed by atoms with Crippen LogP contribution in [0, 0.1) is 0 Å². The maximum absolute atomic E-state index is 12.7. The second kappa shape index (κ2) is 7.20. The van der Waals surface area contributed by atoms with E-state index in [0.29, 0.717) is 18.0 Å². The highest BCUT2D eigenvalue weighted by Gasteiger charge is 2.21. The number of benzene rings is 2.